The second-order valence-corrected chi connectivity index (χ2v) is 8.72. The summed E-state index contributed by atoms with van der Waals surface area (Å²) in [6, 6.07) is 21.5. The van der Waals surface area contributed by atoms with Gasteiger partial charge in [-0.25, -0.2) is 14.4 Å². The lowest BCUT2D eigenvalue weighted by Gasteiger charge is -2.08. The van der Waals surface area contributed by atoms with E-state index in [1.54, 1.807) is 48.5 Å². The molecule has 0 aliphatic heterocycles. The van der Waals surface area contributed by atoms with Crippen LogP contribution in [0.15, 0.2) is 106 Å². The van der Waals surface area contributed by atoms with Crippen molar-refractivity contribution < 1.29 is 22.8 Å². The Morgan fingerprint density at radius 2 is 1.54 bits per heavy atom. The molecule has 0 N–H and O–H groups in total. The smallest absolute Gasteiger partial charge is 0.379 e. The zero-order valence-electron chi connectivity index (χ0n) is 17.7. The van der Waals surface area contributed by atoms with Crippen LogP contribution >= 0.6 is 15.9 Å². The van der Waals surface area contributed by atoms with Crippen LogP contribution in [0, 0.1) is 0 Å². The van der Waals surface area contributed by atoms with Gasteiger partial charge in [0.1, 0.15) is 22.5 Å². The minimum absolute atomic E-state index is 0.0430. The third-order valence-electron chi connectivity index (χ3n) is 5.54. The number of benzene rings is 3. The third kappa shape index (κ3) is 3.83. The van der Waals surface area contributed by atoms with Crippen molar-refractivity contribution in [3.05, 3.63) is 110 Å². The average Bonchev–Trinajstić information content (AvgIpc) is 3.28. The molecule has 0 bridgehead atoms. The Kier molecular flexibility index (Phi) is 4.89. The van der Waals surface area contributed by atoms with E-state index < -0.39 is 17.2 Å². The Morgan fingerprint density at radius 1 is 0.714 bits per heavy atom. The molecule has 3 aromatic heterocycles. The molecule has 3 aromatic carbocycles. The second-order valence-electron chi connectivity index (χ2n) is 7.80. The van der Waals surface area contributed by atoms with E-state index in [1.807, 2.05) is 18.2 Å². The molecule has 0 fully saturated rings. The average molecular weight is 529 g/mol. The highest BCUT2D eigenvalue weighted by atomic mass is 79.9. The quantitative estimate of drug-likeness (QED) is 0.151. The highest BCUT2D eigenvalue weighted by Crippen LogP contribution is 2.31. The molecular weight excluding hydrogens is 516 g/mol. The number of para-hydroxylation sites is 1. The van der Waals surface area contributed by atoms with Gasteiger partial charge in [0.05, 0.1) is 5.56 Å². The van der Waals surface area contributed by atoms with Crippen molar-refractivity contribution in [2.24, 2.45) is 0 Å². The van der Waals surface area contributed by atoms with Crippen molar-refractivity contribution in [2.75, 3.05) is 0 Å². The number of rotatable bonds is 3. The Balaban J connectivity index is 1.41. The normalized spacial score (nSPS) is 11.3. The first-order chi connectivity index (χ1) is 16.9. The molecule has 35 heavy (non-hydrogen) atoms. The van der Waals surface area contributed by atoms with Gasteiger partial charge in [-0.3, -0.25) is 0 Å². The Labute approximate surface area is 204 Å². The lowest BCUT2D eigenvalue weighted by Crippen LogP contribution is -2.08. The largest absolute Gasteiger partial charge is 0.449 e. The maximum atomic E-state index is 12.7. The van der Waals surface area contributed by atoms with E-state index >= 15 is 0 Å². The van der Waals surface area contributed by atoms with Gasteiger partial charge in [-0.05, 0) is 48.5 Å². The predicted molar refractivity (Wildman–Crippen MR) is 133 cm³/mol. The van der Waals surface area contributed by atoms with E-state index in [2.05, 4.69) is 15.9 Å². The van der Waals surface area contributed by atoms with Crippen molar-refractivity contribution in [2.45, 2.75) is 0 Å². The van der Waals surface area contributed by atoms with Crippen LogP contribution in [0.25, 0.3) is 44.0 Å². The number of hydrogen-bond acceptors (Lipinski definition) is 7. The van der Waals surface area contributed by atoms with Gasteiger partial charge in [0.15, 0.2) is 0 Å². The van der Waals surface area contributed by atoms with Crippen LogP contribution in [0.3, 0.4) is 0 Å². The van der Waals surface area contributed by atoms with Crippen LogP contribution in [0.1, 0.15) is 10.6 Å². The SMILES string of the molecule is O=C(Oc1ccc2c(-c3cc4cc(Br)ccc4oc3=O)cc(=O)oc2c1)c1cc2ccccc2o1. The van der Waals surface area contributed by atoms with E-state index in [0.29, 0.717) is 27.5 Å². The minimum Gasteiger partial charge on any atom is -0.449 e. The Hall–Kier alpha value is -4.43. The molecule has 8 heteroatoms. The van der Waals surface area contributed by atoms with Crippen molar-refractivity contribution in [1.29, 1.82) is 0 Å². The summed E-state index contributed by atoms with van der Waals surface area (Å²) in [5, 5.41) is 1.94. The second kappa shape index (κ2) is 8.11. The summed E-state index contributed by atoms with van der Waals surface area (Å²) < 4.78 is 22.6. The maximum absolute atomic E-state index is 12.7. The summed E-state index contributed by atoms with van der Waals surface area (Å²) in [5.74, 6) is -0.501. The van der Waals surface area contributed by atoms with Gasteiger partial charge in [-0.1, -0.05) is 34.1 Å². The van der Waals surface area contributed by atoms with Crippen LogP contribution in [0.5, 0.6) is 5.75 Å². The first kappa shape index (κ1) is 21.1. The Morgan fingerprint density at radius 3 is 2.40 bits per heavy atom. The summed E-state index contributed by atoms with van der Waals surface area (Å²) in [6.07, 6.45) is 0. The summed E-state index contributed by atoms with van der Waals surface area (Å²) in [5.41, 5.74) is 0.441. The van der Waals surface area contributed by atoms with Crippen LogP contribution in [0.4, 0.5) is 0 Å². The lowest BCUT2D eigenvalue weighted by molar-refractivity contribution is 0.0704. The van der Waals surface area contributed by atoms with E-state index in [9.17, 15) is 14.4 Å². The monoisotopic (exact) mass is 528 g/mol. The Bertz CT molecular complexity index is 1880. The number of furan rings is 1. The van der Waals surface area contributed by atoms with Crippen LogP contribution in [-0.2, 0) is 0 Å². The van der Waals surface area contributed by atoms with Gasteiger partial charge in [0, 0.05) is 38.3 Å². The van der Waals surface area contributed by atoms with Crippen LogP contribution < -0.4 is 16.0 Å². The molecule has 7 nitrogen and oxygen atoms in total. The molecule has 6 rings (SSSR count). The summed E-state index contributed by atoms with van der Waals surface area (Å²) in [7, 11) is 0. The molecule has 0 saturated heterocycles. The van der Waals surface area contributed by atoms with Crippen molar-refractivity contribution in [3.63, 3.8) is 0 Å². The number of hydrogen-bond donors (Lipinski definition) is 0. The lowest BCUT2D eigenvalue weighted by atomic mass is 10.0. The summed E-state index contributed by atoms with van der Waals surface area (Å²) in [6.45, 7) is 0. The van der Waals surface area contributed by atoms with E-state index in [4.69, 9.17) is 18.0 Å². The van der Waals surface area contributed by atoms with Gasteiger partial charge >= 0.3 is 17.2 Å². The van der Waals surface area contributed by atoms with Crippen LogP contribution in [-0.4, -0.2) is 5.97 Å². The molecule has 0 aliphatic rings. The number of ether oxygens (including phenoxy) is 1. The molecule has 0 spiro atoms. The van der Waals surface area contributed by atoms with E-state index in [-0.39, 0.29) is 22.7 Å². The molecule has 0 unspecified atom stereocenters. The van der Waals surface area contributed by atoms with Crippen molar-refractivity contribution >= 4 is 54.8 Å². The maximum Gasteiger partial charge on any atom is 0.379 e. The first-order valence-corrected chi connectivity index (χ1v) is 11.3. The van der Waals surface area contributed by atoms with Gasteiger partial charge in [0.2, 0.25) is 5.76 Å². The molecule has 6 aromatic rings. The van der Waals surface area contributed by atoms with Gasteiger partial charge in [0.25, 0.3) is 0 Å². The molecular formula is C27H13BrO7. The summed E-state index contributed by atoms with van der Waals surface area (Å²) >= 11 is 3.40. The molecule has 0 atom stereocenters. The van der Waals surface area contributed by atoms with Crippen molar-refractivity contribution in [1.82, 2.24) is 0 Å². The zero-order chi connectivity index (χ0) is 24.1. The fraction of sp³-hybridized carbons (Fsp3) is 0. The highest BCUT2D eigenvalue weighted by Gasteiger charge is 2.18. The van der Waals surface area contributed by atoms with E-state index in [1.165, 1.54) is 12.1 Å². The minimum atomic E-state index is -0.695. The zero-order valence-corrected chi connectivity index (χ0v) is 19.3. The number of esters is 1. The fourth-order valence-corrected chi connectivity index (χ4v) is 4.33. The summed E-state index contributed by atoms with van der Waals surface area (Å²) in [4.78, 5) is 37.7. The highest BCUT2D eigenvalue weighted by molar-refractivity contribution is 9.10. The molecule has 170 valence electrons. The molecule has 0 aliphatic carbocycles. The predicted octanol–water partition coefficient (Wildman–Crippen LogP) is 6.29. The first-order valence-electron chi connectivity index (χ1n) is 10.5. The number of carbonyl (C=O) groups excluding carboxylic acids is 1. The van der Waals surface area contributed by atoms with Crippen molar-refractivity contribution in [3.8, 4) is 16.9 Å². The fourth-order valence-electron chi connectivity index (χ4n) is 3.95. The van der Waals surface area contributed by atoms with Gasteiger partial charge < -0.3 is 18.0 Å². The third-order valence-corrected chi connectivity index (χ3v) is 6.03. The van der Waals surface area contributed by atoms with E-state index in [0.717, 1.165) is 9.86 Å². The topological polar surface area (TPSA) is 99.9 Å². The molecule has 0 saturated carbocycles. The standard InChI is InChI=1S/C27H13BrO7/c28-16-5-8-22-15(9-16)10-20(26(30)35-22)19-13-25(29)34-23-12-17(6-7-18(19)23)32-27(31)24-11-14-3-1-2-4-21(14)33-24/h1-13H. The van der Waals surface area contributed by atoms with Gasteiger partial charge in [-0.2, -0.15) is 0 Å². The van der Waals surface area contributed by atoms with Crippen LogP contribution in [0.2, 0.25) is 0 Å². The number of halogens is 1. The molecule has 0 amide bonds. The van der Waals surface area contributed by atoms with Gasteiger partial charge in [-0.15, -0.1) is 0 Å². The molecule has 0 radical (unpaired) electrons. The molecule has 3 heterocycles. The number of carbonyl (C=O) groups is 1. The number of fused-ring (bicyclic) bond motifs is 3.